The molecular formula is C16H15N3O2. The third kappa shape index (κ3) is 2.50. The van der Waals surface area contributed by atoms with Gasteiger partial charge in [0.05, 0.1) is 0 Å². The fraction of sp³-hybridized carbons (Fsp3) is 0.188. The Morgan fingerprint density at radius 3 is 2.71 bits per heavy atom. The zero-order chi connectivity index (χ0) is 14.8. The lowest BCUT2D eigenvalue weighted by Crippen LogP contribution is -2.43. The molecule has 106 valence electrons. The summed E-state index contributed by atoms with van der Waals surface area (Å²) in [4.78, 5) is 30.1. The van der Waals surface area contributed by atoms with Crippen LogP contribution in [0.4, 0.5) is 11.5 Å². The van der Waals surface area contributed by atoms with E-state index in [9.17, 15) is 9.59 Å². The van der Waals surface area contributed by atoms with E-state index in [0.717, 1.165) is 17.7 Å². The van der Waals surface area contributed by atoms with Gasteiger partial charge in [0.25, 0.3) is 0 Å². The lowest BCUT2D eigenvalue weighted by Gasteiger charge is -2.21. The van der Waals surface area contributed by atoms with Crippen molar-refractivity contribution < 1.29 is 9.59 Å². The van der Waals surface area contributed by atoms with Gasteiger partial charge >= 0.3 is 11.8 Å². The second-order valence-electron chi connectivity index (χ2n) is 5.03. The van der Waals surface area contributed by atoms with Crippen molar-refractivity contribution in [2.45, 2.75) is 19.4 Å². The van der Waals surface area contributed by atoms with Crippen molar-refractivity contribution in [2.75, 3.05) is 10.2 Å². The fourth-order valence-electron chi connectivity index (χ4n) is 2.59. The number of aromatic nitrogens is 1. The Hall–Kier alpha value is -2.69. The van der Waals surface area contributed by atoms with Crippen molar-refractivity contribution in [2.24, 2.45) is 0 Å². The van der Waals surface area contributed by atoms with Crippen LogP contribution in [0.25, 0.3) is 0 Å². The van der Waals surface area contributed by atoms with Gasteiger partial charge in [-0.1, -0.05) is 24.3 Å². The summed E-state index contributed by atoms with van der Waals surface area (Å²) >= 11 is 0. The van der Waals surface area contributed by atoms with Gasteiger partial charge in [0.2, 0.25) is 0 Å². The van der Waals surface area contributed by atoms with Crippen molar-refractivity contribution >= 4 is 23.3 Å². The van der Waals surface area contributed by atoms with Crippen LogP contribution in [0, 0.1) is 0 Å². The van der Waals surface area contributed by atoms with Crippen LogP contribution in [0.2, 0.25) is 0 Å². The molecular weight excluding hydrogens is 266 g/mol. The average molecular weight is 281 g/mol. The molecule has 0 spiro atoms. The van der Waals surface area contributed by atoms with E-state index in [1.807, 2.05) is 31.2 Å². The minimum atomic E-state index is -0.669. The molecule has 0 saturated carbocycles. The molecule has 2 heterocycles. The van der Waals surface area contributed by atoms with Gasteiger partial charge in [0.15, 0.2) is 0 Å². The van der Waals surface area contributed by atoms with Gasteiger partial charge < -0.3 is 10.2 Å². The highest BCUT2D eigenvalue weighted by Gasteiger charge is 2.34. The predicted molar refractivity (Wildman–Crippen MR) is 80.0 cm³/mol. The van der Waals surface area contributed by atoms with Gasteiger partial charge in [-0.15, -0.1) is 0 Å². The zero-order valence-electron chi connectivity index (χ0n) is 11.6. The standard InChI is InChI=1S/C16H15N3O2/c1-11-10-12-6-2-3-7-13(12)19(11)16(21)15(20)18-14-8-4-5-9-17-14/h2-9,11H,10H2,1H3,(H,17,18,20)/t11-/m0/s1. The quantitative estimate of drug-likeness (QED) is 0.813. The van der Waals surface area contributed by atoms with E-state index in [1.165, 1.54) is 0 Å². The van der Waals surface area contributed by atoms with Crippen LogP contribution >= 0.6 is 0 Å². The number of anilines is 2. The average Bonchev–Trinajstić information content (AvgIpc) is 2.83. The molecule has 1 aliphatic rings. The van der Waals surface area contributed by atoms with E-state index in [2.05, 4.69) is 10.3 Å². The largest absolute Gasteiger partial charge is 0.316 e. The molecule has 1 aromatic carbocycles. The number of amides is 2. The molecule has 1 aliphatic heterocycles. The third-order valence-corrected chi connectivity index (χ3v) is 3.53. The number of pyridine rings is 1. The third-order valence-electron chi connectivity index (χ3n) is 3.53. The van der Waals surface area contributed by atoms with Crippen LogP contribution in [0.3, 0.4) is 0 Å². The van der Waals surface area contributed by atoms with Gasteiger partial charge in [-0.3, -0.25) is 9.59 Å². The Morgan fingerprint density at radius 2 is 1.95 bits per heavy atom. The van der Waals surface area contributed by atoms with Gasteiger partial charge in [0, 0.05) is 17.9 Å². The number of para-hydroxylation sites is 1. The molecule has 0 aliphatic carbocycles. The lowest BCUT2D eigenvalue weighted by atomic mass is 10.1. The van der Waals surface area contributed by atoms with Gasteiger partial charge in [-0.05, 0) is 37.1 Å². The molecule has 5 nitrogen and oxygen atoms in total. The van der Waals surface area contributed by atoms with E-state index in [4.69, 9.17) is 0 Å². The van der Waals surface area contributed by atoms with Crippen molar-refractivity contribution in [1.82, 2.24) is 4.98 Å². The maximum Gasteiger partial charge on any atom is 0.316 e. The maximum absolute atomic E-state index is 12.4. The second-order valence-corrected chi connectivity index (χ2v) is 5.03. The normalized spacial score (nSPS) is 16.4. The van der Waals surface area contributed by atoms with Gasteiger partial charge in [-0.25, -0.2) is 4.98 Å². The molecule has 1 atom stereocenters. The highest BCUT2D eigenvalue weighted by Crippen LogP contribution is 2.31. The smallest absolute Gasteiger partial charge is 0.302 e. The minimum Gasteiger partial charge on any atom is -0.302 e. The molecule has 0 unspecified atom stereocenters. The summed E-state index contributed by atoms with van der Waals surface area (Å²) in [7, 11) is 0. The molecule has 1 N–H and O–H groups in total. The molecule has 0 bridgehead atoms. The van der Waals surface area contributed by atoms with Crippen LogP contribution < -0.4 is 10.2 Å². The van der Waals surface area contributed by atoms with Crippen LogP contribution in [-0.2, 0) is 16.0 Å². The molecule has 1 aromatic heterocycles. The van der Waals surface area contributed by atoms with E-state index in [0.29, 0.717) is 5.82 Å². The minimum absolute atomic E-state index is 0.0237. The number of nitrogens with zero attached hydrogens (tertiary/aromatic N) is 2. The van der Waals surface area contributed by atoms with Crippen molar-refractivity contribution in [3.05, 3.63) is 54.2 Å². The molecule has 5 heteroatoms. The SMILES string of the molecule is C[C@H]1Cc2ccccc2N1C(=O)C(=O)Nc1ccccn1. The molecule has 0 saturated heterocycles. The Balaban J connectivity index is 1.81. The topological polar surface area (TPSA) is 62.3 Å². The first-order chi connectivity index (χ1) is 10.2. The van der Waals surface area contributed by atoms with Crippen molar-refractivity contribution in [3.8, 4) is 0 Å². The van der Waals surface area contributed by atoms with Crippen molar-refractivity contribution in [3.63, 3.8) is 0 Å². The molecule has 2 aromatic rings. The number of fused-ring (bicyclic) bond motifs is 1. The van der Waals surface area contributed by atoms with E-state index < -0.39 is 11.8 Å². The summed E-state index contributed by atoms with van der Waals surface area (Å²) in [6, 6.07) is 12.8. The van der Waals surface area contributed by atoms with Gasteiger partial charge in [0.1, 0.15) is 5.82 Å². The number of hydrogen-bond donors (Lipinski definition) is 1. The van der Waals surface area contributed by atoms with Crippen LogP contribution in [0.1, 0.15) is 12.5 Å². The zero-order valence-corrected chi connectivity index (χ0v) is 11.6. The monoisotopic (exact) mass is 281 g/mol. The number of nitrogens with one attached hydrogen (secondary N) is 1. The first-order valence-corrected chi connectivity index (χ1v) is 6.80. The fourth-order valence-corrected chi connectivity index (χ4v) is 2.59. The number of benzene rings is 1. The summed E-state index contributed by atoms with van der Waals surface area (Å²) in [5, 5.41) is 2.53. The summed E-state index contributed by atoms with van der Waals surface area (Å²) in [6.07, 6.45) is 2.33. The Bertz CT molecular complexity index is 685. The highest BCUT2D eigenvalue weighted by molar-refractivity contribution is 6.44. The molecule has 3 rings (SSSR count). The molecule has 2 amide bonds. The van der Waals surface area contributed by atoms with Crippen LogP contribution in [0.5, 0.6) is 0 Å². The Labute approximate surface area is 122 Å². The Morgan fingerprint density at radius 1 is 1.19 bits per heavy atom. The molecule has 0 radical (unpaired) electrons. The Kier molecular flexibility index (Phi) is 3.39. The highest BCUT2D eigenvalue weighted by atomic mass is 16.2. The number of hydrogen-bond acceptors (Lipinski definition) is 3. The first-order valence-electron chi connectivity index (χ1n) is 6.80. The second kappa shape index (κ2) is 5.36. The van der Waals surface area contributed by atoms with E-state index >= 15 is 0 Å². The summed E-state index contributed by atoms with van der Waals surface area (Å²) in [6.45, 7) is 1.94. The van der Waals surface area contributed by atoms with E-state index in [-0.39, 0.29) is 6.04 Å². The van der Waals surface area contributed by atoms with Crippen molar-refractivity contribution in [1.29, 1.82) is 0 Å². The maximum atomic E-state index is 12.4. The summed E-state index contributed by atoms with van der Waals surface area (Å²) < 4.78 is 0. The van der Waals surface area contributed by atoms with Crippen LogP contribution in [0.15, 0.2) is 48.7 Å². The first kappa shape index (κ1) is 13.3. The summed E-state index contributed by atoms with van der Waals surface area (Å²) in [5.74, 6) is -0.855. The molecule has 21 heavy (non-hydrogen) atoms. The number of rotatable bonds is 1. The molecule has 0 fully saturated rings. The predicted octanol–water partition coefficient (Wildman–Crippen LogP) is 2.00. The summed E-state index contributed by atoms with van der Waals surface area (Å²) in [5.41, 5.74) is 1.90. The number of carbonyl (C=O) groups excluding carboxylic acids is 2. The van der Waals surface area contributed by atoms with E-state index in [1.54, 1.807) is 29.3 Å². The van der Waals surface area contributed by atoms with Crippen LogP contribution in [-0.4, -0.2) is 22.8 Å². The van der Waals surface area contributed by atoms with Gasteiger partial charge in [-0.2, -0.15) is 0 Å². The lowest BCUT2D eigenvalue weighted by molar-refractivity contribution is -0.134. The number of carbonyl (C=O) groups is 2.